The molecule has 1 aromatic carbocycles. The van der Waals surface area contributed by atoms with Crippen molar-refractivity contribution < 1.29 is 23.4 Å². The van der Waals surface area contributed by atoms with Crippen LogP contribution in [0.1, 0.15) is 38.0 Å². The molecule has 1 atom stereocenters. The second-order valence-corrected chi connectivity index (χ2v) is 5.48. The van der Waals surface area contributed by atoms with Crippen LogP contribution in [0.2, 0.25) is 0 Å². The van der Waals surface area contributed by atoms with Gasteiger partial charge in [-0.3, -0.25) is 0 Å². The third-order valence-electron chi connectivity index (χ3n) is 2.40. The monoisotopic (exact) mass is 287 g/mol. The van der Waals surface area contributed by atoms with Crippen LogP contribution in [0.25, 0.3) is 0 Å². The molecule has 0 saturated carbocycles. The van der Waals surface area contributed by atoms with Gasteiger partial charge in [-0.05, 0) is 50.1 Å². The van der Waals surface area contributed by atoms with Gasteiger partial charge in [-0.2, -0.15) is 0 Å². The molecule has 0 aromatic heterocycles. The van der Waals surface area contributed by atoms with Gasteiger partial charge in [0.2, 0.25) is 0 Å². The number of aliphatic hydroxyl groups excluding tert-OH is 1. The van der Waals surface area contributed by atoms with Crippen molar-refractivity contribution in [1.82, 2.24) is 5.32 Å². The quantitative estimate of drug-likeness (QED) is 0.895. The second kappa shape index (κ2) is 6.65. The van der Waals surface area contributed by atoms with Crippen molar-refractivity contribution in [2.45, 2.75) is 39.1 Å². The van der Waals surface area contributed by atoms with E-state index in [9.17, 15) is 18.7 Å². The first-order chi connectivity index (χ1) is 9.25. The molecule has 0 heterocycles. The van der Waals surface area contributed by atoms with E-state index < -0.39 is 36.8 Å². The summed E-state index contributed by atoms with van der Waals surface area (Å²) in [6.07, 6.45) is -1.78. The molecule has 1 amide bonds. The van der Waals surface area contributed by atoms with Crippen LogP contribution < -0.4 is 5.32 Å². The molecule has 2 N–H and O–H groups in total. The van der Waals surface area contributed by atoms with Gasteiger partial charge in [0.25, 0.3) is 0 Å². The van der Waals surface area contributed by atoms with Gasteiger partial charge in [0.05, 0.1) is 6.61 Å². The summed E-state index contributed by atoms with van der Waals surface area (Å²) in [5.74, 6) is -0.645. The number of benzene rings is 1. The van der Waals surface area contributed by atoms with E-state index in [4.69, 9.17) is 4.74 Å². The van der Waals surface area contributed by atoms with E-state index in [0.717, 1.165) is 12.1 Å². The van der Waals surface area contributed by atoms with Gasteiger partial charge in [0, 0.05) is 5.54 Å². The standard InChI is InChI=1S/C14H19F2NO3/c1-14(2,3)17-13(19)20-12(8-18)10-4-9(7-15)5-11(16)6-10/h4-6,12,18H,7-8H2,1-3H3,(H,17,19)/t12-/m1/s1. The number of hydrogen-bond donors (Lipinski definition) is 2. The number of ether oxygens (including phenoxy) is 1. The van der Waals surface area contributed by atoms with Crippen LogP contribution in [-0.2, 0) is 11.4 Å². The summed E-state index contributed by atoms with van der Waals surface area (Å²) < 4.78 is 30.9. The average molecular weight is 287 g/mol. The van der Waals surface area contributed by atoms with Crippen molar-refractivity contribution >= 4 is 6.09 Å². The number of rotatable bonds is 4. The van der Waals surface area contributed by atoms with Crippen LogP contribution in [0.4, 0.5) is 13.6 Å². The Morgan fingerprint density at radius 1 is 1.40 bits per heavy atom. The predicted octanol–water partition coefficient (Wildman–Crippen LogP) is 2.85. The van der Waals surface area contributed by atoms with Crippen molar-refractivity contribution in [1.29, 1.82) is 0 Å². The van der Waals surface area contributed by atoms with Gasteiger partial charge in [-0.25, -0.2) is 13.6 Å². The first kappa shape index (κ1) is 16.4. The number of halogens is 2. The van der Waals surface area contributed by atoms with Gasteiger partial charge in [-0.15, -0.1) is 0 Å². The molecule has 20 heavy (non-hydrogen) atoms. The lowest BCUT2D eigenvalue weighted by molar-refractivity contribution is 0.0527. The fourth-order valence-corrected chi connectivity index (χ4v) is 1.61. The maximum absolute atomic E-state index is 13.3. The Labute approximate surface area is 116 Å². The molecule has 1 rings (SSSR count). The minimum Gasteiger partial charge on any atom is -0.439 e. The summed E-state index contributed by atoms with van der Waals surface area (Å²) in [7, 11) is 0. The van der Waals surface area contributed by atoms with Crippen molar-refractivity contribution in [3.8, 4) is 0 Å². The van der Waals surface area contributed by atoms with E-state index in [0.29, 0.717) is 0 Å². The Kier molecular flexibility index (Phi) is 5.44. The van der Waals surface area contributed by atoms with Gasteiger partial charge in [0.1, 0.15) is 12.5 Å². The zero-order chi connectivity index (χ0) is 15.3. The molecule has 1 aromatic rings. The zero-order valence-electron chi connectivity index (χ0n) is 11.7. The number of nitrogens with one attached hydrogen (secondary N) is 1. The number of carbonyl (C=O) groups excluding carboxylic acids is 1. The highest BCUT2D eigenvalue weighted by atomic mass is 19.1. The van der Waals surface area contributed by atoms with E-state index >= 15 is 0 Å². The van der Waals surface area contributed by atoms with Crippen molar-refractivity contribution in [2.24, 2.45) is 0 Å². The van der Waals surface area contributed by atoms with Crippen LogP contribution in [-0.4, -0.2) is 23.3 Å². The van der Waals surface area contributed by atoms with Crippen LogP contribution in [0, 0.1) is 5.82 Å². The lowest BCUT2D eigenvalue weighted by Crippen LogP contribution is -2.41. The van der Waals surface area contributed by atoms with Gasteiger partial charge in [-0.1, -0.05) is 0 Å². The molecule has 0 bridgehead atoms. The number of aliphatic hydroxyl groups is 1. The highest BCUT2D eigenvalue weighted by Gasteiger charge is 2.21. The number of amides is 1. The van der Waals surface area contributed by atoms with Crippen molar-refractivity contribution in [3.05, 3.63) is 35.1 Å². The Hall–Kier alpha value is -1.69. The van der Waals surface area contributed by atoms with E-state index in [1.54, 1.807) is 20.8 Å². The smallest absolute Gasteiger partial charge is 0.408 e. The Morgan fingerprint density at radius 2 is 2.05 bits per heavy atom. The lowest BCUT2D eigenvalue weighted by atomic mass is 10.1. The van der Waals surface area contributed by atoms with Crippen molar-refractivity contribution in [3.63, 3.8) is 0 Å². The fourth-order valence-electron chi connectivity index (χ4n) is 1.61. The third-order valence-corrected chi connectivity index (χ3v) is 2.40. The zero-order valence-corrected chi connectivity index (χ0v) is 11.7. The first-order valence-corrected chi connectivity index (χ1v) is 6.20. The van der Waals surface area contributed by atoms with Crippen LogP contribution in [0.15, 0.2) is 18.2 Å². The fraction of sp³-hybridized carbons (Fsp3) is 0.500. The van der Waals surface area contributed by atoms with Gasteiger partial charge in [0.15, 0.2) is 6.10 Å². The minimum absolute atomic E-state index is 0.123. The molecule has 0 radical (unpaired) electrons. The third kappa shape index (κ3) is 5.13. The minimum atomic E-state index is -1.04. The van der Waals surface area contributed by atoms with E-state index in [2.05, 4.69) is 5.32 Å². The number of alkyl halides is 1. The maximum atomic E-state index is 13.3. The number of hydrogen-bond acceptors (Lipinski definition) is 3. The van der Waals surface area contributed by atoms with E-state index in [-0.39, 0.29) is 11.1 Å². The molecule has 6 heteroatoms. The van der Waals surface area contributed by atoms with Crippen LogP contribution in [0.5, 0.6) is 0 Å². The summed E-state index contributed by atoms with van der Waals surface area (Å²) in [5.41, 5.74) is -0.161. The van der Waals surface area contributed by atoms with E-state index in [1.807, 2.05) is 0 Å². The molecular weight excluding hydrogens is 268 g/mol. The Balaban J connectivity index is 2.85. The van der Waals surface area contributed by atoms with E-state index in [1.165, 1.54) is 6.07 Å². The molecule has 4 nitrogen and oxygen atoms in total. The molecule has 0 spiro atoms. The molecule has 0 fully saturated rings. The van der Waals surface area contributed by atoms with Crippen molar-refractivity contribution in [2.75, 3.05) is 6.61 Å². The summed E-state index contributed by atoms with van der Waals surface area (Å²) in [5, 5.41) is 11.8. The van der Waals surface area contributed by atoms with Crippen LogP contribution in [0.3, 0.4) is 0 Å². The SMILES string of the molecule is CC(C)(C)NC(=O)O[C@H](CO)c1cc(F)cc(CF)c1. The largest absolute Gasteiger partial charge is 0.439 e. The molecule has 0 saturated heterocycles. The normalized spacial score (nSPS) is 12.9. The molecule has 0 unspecified atom stereocenters. The average Bonchev–Trinajstić information content (AvgIpc) is 2.32. The molecular formula is C14H19F2NO3. The Morgan fingerprint density at radius 3 is 2.55 bits per heavy atom. The Bertz CT molecular complexity index is 472. The number of alkyl carbamates (subject to hydrolysis) is 1. The summed E-state index contributed by atoms with van der Waals surface area (Å²) in [6.45, 7) is 3.95. The maximum Gasteiger partial charge on any atom is 0.408 e. The summed E-state index contributed by atoms with van der Waals surface area (Å²) in [6, 6.07) is 3.51. The molecule has 0 aliphatic rings. The lowest BCUT2D eigenvalue weighted by Gasteiger charge is -2.23. The molecule has 112 valence electrons. The molecule has 0 aliphatic carbocycles. The summed E-state index contributed by atoms with van der Waals surface area (Å²) >= 11 is 0. The topological polar surface area (TPSA) is 58.6 Å². The predicted molar refractivity (Wildman–Crippen MR) is 70.4 cm³/mol. The molecule has 0 aliphatic heterocycles. The highest BCUT2D eigenvalue weighted by Crippen LogP contribution is 2.21. The summed E-state index contributed by atoms with van der Waals surface area (Å²) in [4.78, 5) is 11.6. The first-order valence-electron chi connectivity index (χ1n) is 6.20. The van der Waals surface area contributed by atoms with Crippen LogP contribution >= 0.6 is 0 Å². The van der Waals surface area contributed by atoms with Gasteiger partial charge < -0.3 is 15.2 Å². The second-order valence-electron chi connectivity index (χ2n) is 5.48. The van der Waals surface area contributed by atoms with Gasteiger partial charge >= 0.3 is 6.09 Å². The highest BCUT2D eigenvalue weighted by molar-refractivity contribution is 5.68. The number of carbonyl (C=O) groups is 1.